The van der Waals surface area contributed by atoms with Gasteiger partial charge in [0.1, 0.15) is 0 Å². The maximum atomic E-state index is 5.85. The molecule has 2 nitrogen and oxygen atoms in total. The van der Waals surface area contributed by atoms with E-state index < -0.39 is 0 Å². The van der Waals surface area contributed by atoms with E-state index in [0.717, 1.165) is 0 Å². The van der Waals surface area contributed by atoms with Crippen LogP contribution in [0.25, 0.3) is 0 Å². The van der Waals surface area contributed by atoms with Crippen LogP contribution in [0.5, 0.6) is 0 Å². The van der Waals surface area contributed by atoms with Gasteiger partial charge in [-0.2, -0.15) is 0 Å². The molecule has 0 bridgehead atoms. The third-order valence-electron chi connectivity index (χ3n) is 3.37. The molecule has 0 aromatic heterocycles. The predicted octanol–water partition coefficient (Wildman–Crippen LogP) is 3.25. The Morgan fingerprint density at radius 2 is 1.14 bits per heavy atom. The molecule has 0 amide bonds. The first-order valence-electron chi connectivity index (χ1n) is 6.15. The monoisotopic (exact) mass is 198 g/mol. The Morgan fingerprint density at radius 1 is 0.786 bits per heavy atom. The molecule has 0 atom stereocenters. The highest BCUT2D eigenvalue weighted by molar-refractivity contribution is 4.69. The van der Waals surface area contributed by atoms with Gasteiger partial charge in [-0.25, -0.2) is 0 Å². The van der Waals surface area contributed by atoms with Crippen molar-refractivity contribution in [3.8, 4) is 0 Å². The number of rotatable bonds is 4. The van der Waals surface area contributed by atoms with Crippen LogP contribution in [0.1, 0.15) is 58.3 Å². The Hall–Kier alpha value is -0.0800. The van der Waals surface area contributed by atoms with Crippen molar-refractivity contribution in [3.63, 3.8) is 0 Å². The maximum absolute atomic E-state index is 5.85. The normalized spacial score (nSPS) is 25.3. The highest BCUT2D eigenvalue weighted by Gasteiger charge is 2.22. The van der Waals surface area contributed by atoms with Crippen molar-refractivity contribution in [1.82, 2.24) is 0 Å². The van der Waals surface area contributed by atoms with Gasteiger partial charge in [-0.1, -0.05) is 25.7 Å². The predicted molar refractivity (Wildman–Crippen MR) is 56.1 cm³/mol. The van der Waals surface area contributed by atoms with E-state index in [0.29, 0.717) is 12.2 Å². The average Bonchev–Trinajstić information content (AvgIpc) is 2.76. The lowest BCUT2D eigenvalue weighted by Gasteiger charge is -2.22. The zero-order chi connectivity index (χ0) is 9.80. The van der Waals surface area contributed by atoms with E-state index in [9.17, 15) is 0 Å². The molecule has 2 rings (SSSR count). The third-order valence-corrected chi connectivity index (χ3v) is 3.37. The van der Waals surface area contributed by atoms with Crippen molar-refractivity contribution in [2.75, 3.05) is 0 Å². The van der Waals surface area contributed by atoms with Gasteiger partial charge in [0.15, 0.2) is 6.29 Å². The van der Waals surface area contributed by atoms with E-state index in [2.05, 4.69) is 6.92 Å². The van der Waals surface area contributed by atoms with E-state index >= 15 is 0 Å². The topological polar surface area (TPSA) is 18.5 Å². The fourth-order valence-electron chi connectivity index (χ4n) is 2.62. The highest BCUT2D eigenvalue weighted by atomic mass is 16.7. The number of hydrogen-bond donors (Lipinski definition) is 0. The van der Waals surface area contributed by atoms with Gasteiger partial charge in [-0.05, 0) is 32.6 Å². The van der Waals surface area contributed by atoms with Crippen LogP contribution in [-0.4, -0.2) is 18.5 Å². The Morgan fingerprint density at radius 3 is 1.50 bits per heavy atom. The van der Waals surface area contributed by atoms with Crippen LogP contribution >= 0.6 is 0 Å². The third kappa shape index (κ3) is 2.96. The van der Waals surface area contributed by atoms with Crippen LogP contribution in [0.15, 0.2) is 0 Å². The van der Waals surface area contributed by atoms with Gasteiger partial charge >= 0.3 is 0 Å². The molecule has 2 aliphatic rings. The lowest BCUT2D eigenvalue weighted by molar-refractivity contribution is -0.181. The quantitative estimate of drug-likeness (QED) is 0.646. The van der Waals surface area contributed by atoms with Gasteiger partial charge in [0.05, 0.1) is 12.2 Å². The molecule has 0 saturated heterocycles. The van der Waals surface area contributed by atoms with Gasteiger partial charge < -0.3 is 9.47 Å². The second-order valence-electron chi connectivity index (χ2n) is 4.65. The summed E-state index contributed by atoms with van der Waals surface area (Å²) in [7, 11) is 0. The van der Waals surface area contributed by atoms with Crippen LogP contribution in [-0.2, 0) is 9.47 Å². The molecule has 0 N–H and O–H groups in total. The van der Waals surface area contributed by atoms with Crippen molar-refractivity contribution in [2.24, 2.45) is 0 Å². The van der Waals surface area contributed by atoms with Crippen LogP contribution in [0, 0.1) is 0 Å². The van der Waals surface area contributed by atoms with Gasteiger partial charge in [-0.15, -0.1) is 0 Å². The van der Waals surface area contributed by atoms with Gasteiger partial charge in [0.25, 0.3) is 0 Å². The summed E-state index contributed by atoms with van der Waals surface area (Å²) < 4.78 is 11.7. The Kier molecular flexibility index (Phi) is 3.82. The van der Waals surface area contributed by atoms with Crippen molar-refractivity contribution in [1.29, 1.82) is 0 Å². The molecule has 0 aromatic rings. The summed E-state index contributed by atoms with van der Waals surface area (Å²) in [5.74, 6) is 0. The van der Waals surface area contributed by atoms with Gasteiger partial charge in [-0.3, -0.25) is 0 Å². The standard InChI is InChI=1S/C12H22O2/c1-10(13-11-6-2-3-7-11)14-12-8-4-5-9-12/h10-12H,2-9H2,1H3. The van der Waals surface area contributed by atoms with Gasteiger partial charge in [0.2, 0.25) is 0 Å². The second kappa shape index (κ2) is 5.13. The summed E-state index contributed by atoms with van der Waals surface area (Å²) in [6.45, 7) is 2.05. The van der Waals surface area contributed by atoms with Gasteiger partial charge in [0, 0.05) is 0 Å². The van der Waals surface area contributed by atoms with E-state index in [1.165, 1.54) is 51.4 Å². The number of ether oxygens (including phenoxy) is 2. The highest BCUT2D eigenvalue weighted by Crippen LogP contribution is 2.25. The maximum Gasteiger partial charge on any atom is 0.155 e. The Balaban J connectivity index is 1.64. The zero-order valence-corrected chi connectivity index (χ0v) is 9.21. The molecular weight excluding hydrogens is 176 g/mol. The summed E-state index contributed by atoms with van der Waals surface area (Å²) in [5.41, 5.74) is 0. The minimum absolute atomic E-state index is 0.0150. The van der Waals surface area contributed by atoms with Crippen LogP contribution < -0.4 is 0 Å². The first-order chi connectivity index (χ1) is 6.84. The Bertz CT molecular complexity index is 140. The minimum Gasteiger partial charge on any atom is -0.350 e. The van der Waals surface area contributed by atoms with Crippen LogP contribution in [0.4, 0.5) is 0 Å². The van der Waals surface area contributed by atoms with Crippen molar-refractivity contribution < 1.29 is 9.47 Å². The lowest BCUT2D eigenvalue weighted by atomic mass is 10.3. The van der Waals surface area contributed by atoms with Crippen LogP contribution in [0.3, 0.4) is 0 Å². The molecule has 14 heavy (non-hydrogen) atoms. The molecule has 2 fully saturated rings. The molecule has 82 valence electrons. The second-order valence-corrected chi connectivity index (χ2v) is 4.65. The molecule has 0 heterocycles. The lowest BCUT2D eigenvalue weighted by Crippen LogP contribution is -2.24. The first kappa shape index (κ1) is 10.4. The van der Waals surface area contributed by atoms with Crippen molar-refractivity contribution in [2.45, 2.75) is 76.8 Å². The smallest absolute Gasteiger partial charge is 0.155 e. The molecule has 2 heteroatoms. The summed E-state index contributed by atoms with van der Waals surface area (Å²) in [4.78, 5) is 0. The SMILES string of the molecule is CC(OC1CCCC1)OC1CCCC1. The molecular formula is C12H22O2. The summed E-state index contributed by atoms with van der Waals surface area (Å²) in [5, 5.41) is 0. The minimum atomic E-state index is 0.0150. The fraction of sp³-hybridized carbons (Fsp3) is 1.00. The molecule has 0 spiro atoms. The van der Waals surface area contributed by atoms with Crippen LogP contribution in [0.2, 0.25) is 0 Å². The van der Waals surface area contributed by atoms with E-state index in [1.807, 2.05) is 0 Å². The molecule has 0 aliphatic heterocycles. The summed E-state index contributed by atoms with van der Waals surface area (Å²) >= 11 is 0. The van der Waals surface area contributed by atoms with Crippen molar-refractivity contribution >= 4 is 0 Å². The summed E-state index contributed by atoms with van der Waals surface area (Å²) in [6, 6.07) is 0. The fourth-order valence-corrected chi connectivity index (χ4v) is 2.62. The van der Waals surface area contributed by atoms with E-state index in [-0.39, 0.29) is 6.29 Å². The number of hydrogen-bond acceptors (Lipinski definition) is 2. The van der Waals surface area contributed by atoms with Crippen molar-refractivity contribution in [3.05, 3.63) is 0 Å². The van der Waals surface area contributed by atoms with E-state index in [4.69, 9.17) is 9.47 Å². The molecule has 0 radical (unpaired) electrons. The zero-order valence-electron chi connectivity index (χ0n) is 9.21. The molecule has 0 unspecified atom stereocenters. The average molecular weight is 198 g/mol. The largest absolute Gasteiger partial charge is 0.350 e. The molecule has 2 aliphatic carbocycles. The Labute approximate surface area is 87.0 Å². The van der Waals surface area contributed by atoms with E-state index in [1.54, 1.807) is 0 Å². The molecule has 0 aromatic carbocycles. The summed E-state index contributed by atoms with van der Waals surface area (Å²) in [6.07, 6.45) is 11.2. The molecule has 2 saturated carbocycles. The first-order valence-corrected chi connectivity index (χ1v) is 6.15.